The maximum Gasteiger partial charge on any atom is 0.319 e. The van der Waals surface area contributed by atoms with Gasteiger partial charge in [-0.2, -0.15) is 0 Å². The summed E-state index contributed by atoms with van der Waals surface area (Å²) in [6.45, 7) is 2.02. The molecular weight excluding hydrogens is 264 g/mol. The second kappa shape index (κ2) is 6.33. The van der Waals surface area contributed by atoms with E-state index in [1.807, 2.05) is 13.1 Å². The quantitative estimate of drug-likeness (QED) is 0.609. The van der Waals surface area contributed by atoms with Crippen molar-refractivity contribution in [1.29, 1.82) is 0 Å². The molecule has 0 spiro atoms. The van der Waals surface area contributed by atoms with E-state index in [-0.39, 0.29) is 17.8 Å². The second-order valence-electron chi connectivity index (χ2n) is 3.95. The lowest BCUT2D eigenvalue weighted by Gasteiger charge is -2.10. The lowest BCUT2D eigenvalue weighted by molar-refractivity contribution is -0.143. The topological polar surface area (TPSA) is 69.9 Å². The number of hydrogen-bond acceptors (Lipinski definition) is 6. The van der Waals surface area contributed by atoms with E-state index in [1.165, 1.54) is 11.8 Å². The van der Waals surface area contributed by atoms with Crippen LogP contribution in [0.25, 0.3) is 0 Å². The van der Waals surface area contributed by atoms with Crippen molar-refractivity contribution in [2.24, 2.45) is 7.05 Å². The molecule has 0 aliphatic rings. The van der Waals surface area contributed by atoms with Crippen LogP contribution in [0.1, 0.15) is 12.5 Å². The summed E-state index contributed by atoms with van der Waals surface area (Å²) in [5.41, 5.74) is 0.867. The van der Waals surface area contributed by atoms with Crippen molar-refractivity contribution in [1.82, 2.24) is 19.7 Å². The Morgan fingerprint density at radius 1 is 1.58 bits per heavy atom. The Bertz CT molecular complexity index is 544. The van der Waals surface area contributed by atoms with Crippen LogP contribution in [-0.2, 0) is 23.2 Å². The molecule has 2 aromatic rings. The molecule has 6 nitrogen and oxygen atoms in total. The number of nitrogens with zero attached hydrogens (tertiary/aromatic N) is 4. The molecular formula is C12H14N4O2S. The van der Waals surface area contributed by atoms with Gasteiger partial charge in [-0.1, -0.05) is 17.8 Å². The van der Waals surface area contributed by atoms with E-state index in [9.17, 15) is 4.79 Å². The Morgan fingerprint density at radius 2 is 2.42 bits per heavy atom. The van der Waals surface area contributed by atoms with E-state index in [0.717, 1.165) is 5.56 Å². The standard InChI is InChI=1S/C12H14N4O2S/c1-9(19-12-15-14-8-16(12)2)11(17)18-7-10-4-3-5-13-6-10/h3-6,8-9H,7H2,1-2H3. The molecule has 0 saturated carbocycles. The third-order valence-corrected chi connectivity index (χ3v) is 3.51. The molecule has 0 fully saturated rings. The molecule has 7 heteroatoms. The van der Waals surface area contributed by atoms with Gasteiger partial charge in [0.1, 0.15) is 18.2 Å². The van der Waals surface area contributed by atoms with Crippen LogP contribution in [0.5, 0.6) is 0 Å². The highest BCUT2D eigenvalue weighted by Crippen LogP contribution is 2.21. The highest BCUT2D eigenvalue weighted by molar-refractivity contribution is 8.00. The lowest BCUT2D eigenvalue weighted by atomic mass is 10.3. The number of esters is 1. The first-order chi connectivity index (χ1) is 9.16. The van der Waals surface area contributed by atoms with Crippen molar-refractivity contribution in [3.8, 4) is 0 Å². The summed E-state index contributed by atoms with van der Waals surface area (Å²) in [5, 5.41) is 8.03. The number of aromatic nitrogens is 4. The van der Waals surface area contributed by atoms with E-state index in [1.54, 1.807) is 36.3 Å². The summed E-state index contributed by atoms with van der Waals surface area (Å²) in [4.78, 5) is 15.8. The number of carbonyl (C=O) groups excluding carboxylic acids is 1. The number of pyridine rings is 1. The zero-order valence-corrected chi connectivity index (χ0v) is 11.5. The Kier molecular flexibility index (Phi) is 4.51. The first-order valence-corrected chi connectivity index (χ1v) is 6.61. The highest BCUT2D eigenvalue weighted by Gasteiger charge is 2.18. The number of aryl methyl sites for hydroxylation is 1. The molecule has 2 aromatic heterocycles. The molecule has 0 amide bonds. The van der Waals surface area contributed by atoms with Gasteiger partial charge in [-0.05, 0) is 13.0 Å². The number of rotatable bonds is 5. The van der Waals surface area contributed by atoms with Crippen LogP contribution in [0.2, 0.25) is 0 Å². The summed E-state index contributed by atoms with van der Waals surface area (Å²) in [6.07, 6.45) is 4.95. The van der Waals surface area contributed by atoms with Crippen LogP contribution in [-0.4, -0.2) is 31.0 Å². The van der Waals surface area contributed by atoms with Crippen LogP contribution < -0.4 is 0 Å². The minimum Gasteiger partial charge on any atom is -0.460 e. The minimum absolute atomic E-state index is 0.233. The third kappa shape index (κ3) is 3.78. The van der Waals surface area contributed by atoms with Crippen molar-refractivity contribution in [2.45, 2.75) is 23.9 Å². The summed E-state index contributed by atoms with van der Waals surface area (Å²) in [6, 6.07) is 3.67. The summed E-state index contributed by atoms with van der Waals surface area (Å²) in [5.74, 6) is -0.281. The maximum absolute atomic E-state index is 11.8. The summed E-state index contributed by atoms with van der Waals surface area (Å²) in [7, 11) is 1.83. The van der Waals surface area contributed by atoms with Gasteiger partial charge in [-0.25, -0.2) is 0 Å². The Hall–Kier alpha value is -1.89. The first-order valence-electron chi connectivity index (χ1n) is 5.73. The maximum atomic E-state index is 11.8. The lowest BCUT2D eigenvalue weighted by Crippen LogP contribution is -2.17. The molecule has 100 valence electrons. The summed E-state index contributed by atoms with van der Waals surface area (Å²) >= 11 is 1.32. The molecule has 2 rings (SSSR count). The van der Waals surface area contributed by atoms with E-state index in [2.05, 4.69) is 15.2 Å². The van der Waals surface area contributed by atoms with Crippen molar-refractivity contribution < 1.29 is 9.53 Å². The van der Waals surface area contributed by atoms with Crippen LogP contribution in [0, 0.1) is 0 Å². The molecule has 0 saturated heterocycles. The van der Waals surface area contributed by atoms with Gasteiger partial charge in [0.2, 0.25) is 0 Å². The Balaban J connectivity index is 1.84. The zero-order valence-electron chi connectivity index (χ0n) is 10.7. The smallest absolute Gasteiger partial charge is 0.319 e. The molecule has 0 aliphatic carbocycles. The van der Waals surface area contributed by atoms with Gasteiger partial charge in [0.25, 0.3) is 0 Å². The fourth-order valence-corrected chi connectivity index (χ4v) is 2.13. The highest BCUT2D eigenvalue weighted by atomic mass is 32.2. The van der Waals surface area contributed by atoms with Gasteiger partial charge in [0.15, 0.2) is 5.16 Å². The van der Waals surface area contributed by atoms with Crippen molar-refractivity contribution in [2.75, 3.05) is 0 Å². The predicted octanol–water partition coefficient (Wildman–Crippen LogP) is 1.43. The molecule has 1 atom stereocenters. The SMILES string of the molecule is CC(Sc1nncn1C)C(=O)OCc1cccnc1. The first kappa shape index (κ1) is 13.5. The molecule has 19 heavy (non-hydrogen) atoms. The average molecular weight is 278 g/mol. The van der Waals surface area contributed by atoms with Crippen molar-refractivity contribution in [3.05, 3.63) is 36.4 Å². The minimum atomic E-state index is -0.334. The molecule has 1 unspecified atom stereocenters. The number of hydrogen-bond donors (Lipinski definition) is 0. The predicted molar refractivity (Wildman–Crippen MR) is 70.4 cm³/mol. The zero-order chi connectivity index (χ0) is 13.7. The Labute approximate surface area is 115 Å². The number of ether oxygens (including phenoxy) is 1. The van der Waals surface area contributed by atoms with Gasteiger partial charge < -0.3 is 9.30 Å². The van der Waals surface area contributed by atoms with Gasteiger partial charge in [-0.3, -0.25) is 9.78 Å². The largest absolute Gasteiger partial charge is 0.460 e. The third-order valence-electron chi connectivity index (χ3n) is 2.39. The second-order valence-corrected chi connectivity index (χ2v) is 5.26. The van der Waals surface area contributed by atoms with E-state index in [0.29, 0.717) is 5.16 Å². The molecule has 0 radical (unpaired) electrons. The van der Waals surface area contributed by atoms with Crippen molar-refractivity contribution >= 4 is 17.7 Å². The number of carbonyl (C=O) groups is 1. The van der Waals surface area contributed by atoms with Gasteiger partial charge in [0.05, 0.1) is 0 Å². The van der Waals surface area contributed by atoms with Gasteiger partial charge >= 0.3 is 5.97 Å². The van der Waals surface area contributed by atoms with Crippen LogP contribution in [0.3, 0.4) is 0 Å². The monoisotopic (exact) mass is 278 g/mol. The van der Waals surface area contributed by atoms with E-state index >= 15 is 0 Å². The van der Waals surface area contributed by atoms with E-state index in [4.69, 9.17) is 4.74 Å². The van der Waals surface area contributed by atoms with Crippen LogP contribution >= 0.6 is 11.8 Å². The van der Waals surface area contributed by atoms with Crippen LogP contribution in [0.4, 0.5) is 0 Å². The van der Waals surface area contributed by atoms with Crippen LogP contribution in [0.15, 0.2) is 36.0 Å². The Morgan fingerprint density at radius 3 is 3.05 bits per heavy atom. The number of thioether (sulfide) groups is 1. The molecule has 0 aromatic carbocycles. The normalized spacial score (nSPS) is 12.1. The summed E-state index contributed by atoms with van der Waals surface area (Å²) < 4.78 is 6.98. The molecule has 0 N–H and O–H groups in total. The molecule has 2 heterocycles. The van der Waals surface area contributed by atoms with Crippen molar-refractivity contribution in [3.63, 3.8) is 0 Å². The average Bonchev–Trinajstić information content (AvgIpc) is 2.82. The molecule has 0 bridgehead atoms. The van der Waals surface area contributed by atoms with E-state index < -0.39 is 0 Å². The fraction of sp³-hybridized carbons (Fsp3) is 0.333. The van der Waals surface area contributed by atoms with Gasteiger partial charge in [-0.15, -0.1) is 10.2 Å². The molecule has 0 aliphatic heterocycles. The van der Waals surface area contributed by atoms with Gasteiger partial charge in [0, 0.05) is 25.0 Å². The fourth-order valence-electron chi connectivity index (χ4n) is 1.34.